The molecule has 0 aliphatic carbocycles. The summed E-state index contributed by atoms with van der Waals surface area (Å²) in [7, 11) is 0. The third-order valence-corrected chi connectivity index (χ3v) is 3.51. The van der Waals surface area contributed by atoms with Gasteiger partial charge in [-0.2, -0.15) is 0 Å². The van der Waals surface area contributed by atoms with Crippen molar-refractivity contribution >= 4 is 5.78 Å². The van der Waals surface area contributed by atoms with Crippen LogP contribution in [0.4, 0.5) is 0 Å². The fraction of sp³-hybridized carbons (Fsp3) is 0.917. The lowest BCUT2D eigenvalue weighted by atomic mass is 9.98. The zero-order valence-corrected chi connectivity index (χ0v) is 9.58. The Morgan fingerprint density at radius 1 is 1.47 bits per heavy atom. The summed E-state index contributed by atoms with van der Waals surface area (Å²) in [6, 6.07) is 0. The third-order valence-electron chi connectivity index (χ3n) is 3.51. The van der Waals surface area contributed by atoms with Gasteiger partial charge in [0, 0.05) is 19.1 Å². The van der Waals surface area contributed by atoms with E-state index in [9.17, 15) is 4.79 Å². The summed E-state index contributed by atoms with van der Waals surface area (Å²) in [6.45, 7) is 6.55. The van der Waals surface area contributed by atoms with Crippen molar-refractivity contribution in [3.8, 4) is 0 Å². The number of hydrogen-bond donors (Lipinski definition) is 0. The number of nitrogens with zero attached hydrogens (tertiary/aromatic N) is 1. The molecule has 86 valence electrons. The van der Waals surface area contributed by atoms with Gasteiger partial charge in [0.2, 0.25) is 0 Å². The molecule has 2 rings (SSSR count). The number of ketones is 1. The maximum Gasteiger partial charge on any atom is 0.152 e. The fourth-order valence-electron chi connectivity index (χ4n) is 2.57. The SMILES string of the molecule is CC1CCCN(CC(=O)C2CCOC2)C1. The summed E-state index contributed by atoms with van der Waals surface area (Å²) < 4.78 is 5.25. The number of likely N-dealkylation sites (tertiary alicyclic amines) is 1. The van der Waals surface area contributed by atoms with Crippen molar-refractivity contribution in [2.45, 2.75) is 26.2 Å². The lowest BCUT2D eigenvalue weighted by Gasteiger charge is -2.30. The molecular weight excluding hydrogens is 190 g/mol. The van der Waals surface area contributed by atoms with Crippen LogP contribution in [-0.2, 0) is 9.53 Å². The van der Waals surface area contributed by atoms with E-state index in [1.807, 2.05) is 0 Å². The maximum absolute atomic E-state index is 11.9. The highest BCUT2D eigenvalue weighted by molar-refractivity contribution is 5.83. The standard InChI is InChI=1S/C12H21NO2/c1-10-3-2-5-13(7-10)8-12(14)11-4-6-15-9-11/h10-11H,2-9H2,1H3. The van der Waals surface area contributed by atoms with E-state index in [1.54, 1.807) is 0 Å². The van der Waals surface area contributed by atoms with Crippen molar-refractivity contribution in [2.24, 2.45) is 11.8 Å². The second kappa shape index (κ2) is 5.08. The summed E-state index contributed by atoms with van der Waals surface area (Å²) in [4.78, 5) is 14.2. The molecule has 2 aliphatic rings. The number of Topliss-reactive ketones (excluding diaryl/α,β-unsaturated/α-hetero) is 1. The van der Waals surface area contributed by atoms with Gasteiger partial charge in [-0.1, -0.05) is 6.92 Å². The normalized spacial score (nSPS) is 33.1. The Morgan fingerprint density at radius 2 is 2.33 bits per heavy atom. The maximum atomic E-state index is 11.9. The Hall–Kier alpha value is -0.410. The molecule has 0 saturated carbocycles. The summed E-state index contributed by atoms with van der Waals surface area (Å²) in [5, 5.41) is 0. The van der Waals surface area contributed by atoms with E-state index in [0.717, 1.165) is 32.0 Å². The third kappa shape index (κ3) is 3.02. The molecule has 3 nitrogen and oxygen atoms in total. The predicted molar refractivity (Wildman–Crippen MR) is 58.8 cm³/mol. The van der Waals surface area contributed by atoms with Crippen molar-refractivity contribution < 1.29 is 9.53 Å². The van der Waals surface area contributed by atoms with E-state index in [-0.39, 0.29) is 5.92 Å². The molecule has 0 aromatic heterocycles. The summed E-state index contributed by atoms with van der Waals surface area (Å²) in [5.74, 6) is 1.33. The first-order valence-corrected chi connectivity index (χ1v) is 6.08. The van der Waals surface area contributed by atoms with Crippen LogP contribution in [0.25, 0.3) is 0 Å². The predicted octanol–water partition coefficient (Wildman–Crippen LogP) is 1.32. The van der Waals surface area contributed by atoms with Crippen LogP contribution in [0, 0.1) is 11.8 Å². The van der Waals surface area contributed by atoms with Gasteiger partial charge < -0.3 is 4.74 Å². The minimum absolute atomic E-state index is 0.183. The topological polar surface area (TPSA) is 29.5 Å². The molecule has 2 heterocycles. The van der Waals surface area contributed by atoms with Crippen LogP contribution in [0.15, 0.2) is 0 Å². The van der Waals surface area contributed by atoms with E-state index in [4.69, 9.17) is 4.74 Å². The molecular formula is C12H21NO2. The fourth-order valence-corrected chi connectivity index (χ4v) is 2.57. The lowest BCUT2D eigenvalue weighted by Crippen LogP contribution is -2.39. The summed E-state index contributed by atoms with van der Waals surface area (Å²) in [5.41, 5.74) is 0. The van der Waals surface area contributed by atoms with Crippen LogP contribution in [0.2, 0.25) is 0 Å². The number of ether oxygens (including phenoxy) is 1. The first-order chi connectivity index (χ1) is 7.25. The molecule has 2 atom stereocenters. The molecule has 3 heteroatoms. The number of carbonyl (C=O) groups excluding carboxylic acids is 1. The molecule has 0 aromatic rings. The highest BCUT2D eigenvalue weighted by Crippen LogP contribution is 2.18. The second-order valence-electron chi connectivity index (χ2n) is 5.01. The molecule has 2 unspecified atom stereocenters. The Bertz CT molecular complexity index is 224. The number of hydrogen-bond acceptors (Lipinski definition) is 3. The van der Waals surface area contributed by atoms with E-state index in [1.165, 1.54) is 12.8 Å². The molecule has 0 spiro atoms. The summed E-state index contributed by atoms with van der Waals surface area (Å²) in [6.07, 6.45) is 3.50. The first kappa shape index (κ1) is 11.1. The van der Waals surface area contributed by atoms with Crippen LogP contribution in [0.1, 0.15) is 26.2 Å². The van der Waals surface area contributed by atoms with Gasteiger partial charge in [0.25, 0.3) is 0 Å². The van der Waals surface area contributed by atoms with Gasteiger partial charge in [0.1, 0.15) is 0 Å². The monoisotopic (exact) mass is 211 g/mol. The highest BCUT2D eigenvalue weighted by Gasteiger charge is 2.26. The van der Waals surface area contributed by atoms with Crippen LogP contribution in [0.5, 0.6) is 0 Å². The Balaban J connectivity index is 1.77. The van der Waals surface area contributed by atoms with Crippen LogP contribution in [-0.4, -0.2) is 43.5 Å². The Kier molecular flexibility index (Phi) is 3.76. The van der Waals surface area contributed by atoms with Gasteiger partial charge >= 0.3 is 0 Å². The Morgan fingerprint density at radius 3 is 3.00 bits per heavy atom. The van der Waals surface area contributed by atoms with Gasteiger partial charge in [-0.05, 0) is 31.7 Å². The molecule has 0 amide bonds. The van der Waals surface area contributed by atoms with E-state index in [0.29, 0.717) is 18.9 Å². The Labute approximate surface area is 91.8 Å². The molecule has 0 bridgehead atoms. The molecule has 0 aromatic carbocycles. The van der Waals surface area contributed by atoms with Crippen molar-refractivity contribution in [2.75, 3.05) is 32.8 Å². The average Bonchev–Trinajstić information content (AvgIpc) is 2.70. The van der Waals surface area contributed by atoms with E-state index < -0.39 is 0 Å². The van der Waals surface area contributed by atoms with Crippen molar-refractivity contribution in [1.29, 1.82) is 0 Å². The minimum Gasteiger partial charge on any atom is -0.381 e. The van der Waals surface area contributed by atoms with E-state index in [2.05, 4.69) is 11.8 Å². The van der Waals surface area contributed by atoms with Gasteiger partial charge in [-0.3, -0.25) is 9.69 Å². The van der Waals surface area contributed by atoms with Gasteiger partial charge in [-0.25, -0.2) is 0 Å². The van der Waals surface area contributed by atoms with Gasteiger partial charge in [0.15, 0.2) is 5.78 Å². The first-order valence-electron chi connectivity index (χ1n) is 6.08. The lowest BCUT2D eigenvalue weighted by molar-refractivity contribution is -0.124. The zero-order valence-electron chi connectivity index (χ0n) is 9.58. The molecule has 2 aliphatic heterocycles. The van der Waals surface area contributed by atoms with Gasteiger partial charge in [-0.15, -0.1) is 0 Å². The molecule has 0 radical (unpaired) electrons. The largest absolute Gasteiger partial charge is 0.381 e. The van der Waals surface area contributed by atoms with Crippen LogP contribution < -0.4 is 0 Å². The van der Waals surface area contributed by atoms with E-state index >= 15 is 0 Å². The van der Waals surface area contributed by atoms with Crippen molar-refractivity contribution in [3.05, 3.63) is 0 Å². The van der Waals surface area contributed by atoms with Crippen LogP contribution >= 0.6 is 0 Å². The molecule has 2 fully saturated rings. The molecule has 0 N–H and O–H groups in total. The highest BCUT2D eigenvalue weighted by atomic mass is 16.5. The number of rotatable bonds is 3. The van der Waals surface area contributed by atoms with Crippen LogP contribution in [0.3, 0.4) is 0 Å². The van der Waals surface area contributed by atoms with Crippen molar-refractivity contribution in [1.82, 2.24) is 4.90 Å². The summed E-state index contributed by atoms with van der Waals surface area (Å²) >= 11 is 0. The van der Waals surface area contributed by atoms with Crippen molar-refractivity contribution in [3.63, 3.8) is 0 Å². The molecule has 2 saturated heterocycles. The number of piperidine rings is 1. The van der Waals surface area contributed by atoms with Gasteiger partial charge in [0.05, 0.1) is 13.2 Å². The quantitative estimate of drug-likeness (QED) is 0.705. The number of carbonyl (C=O) groups is 1. The second-order valence-corrected chi connectivity index (χ2v) is 5.01. The molecule has 15 heavy (non-hydrogen) atoms. The smallest absolute Gasteiger partial charge is 0.152 e. The minimum atomic E-state index is 0.183. The zero-order chi connectivity index (χ0) is 10.7. The average molecular weight is 211 g/mol.